The first kappa shape index (κ1) is 13.4. The highest BCUT2D eigenvalue weighted by Crippen LogP contribution is 2.25. The third-order valence-electron chi connectivity index (χ3n) is 3.13. The summed E-state index contributed by atoms with van der Waals surface area (Å²) in [4.78, 5) is 13.9. The van der Waals surface area contributed by atoms with Crippen molar-refractivity contribution in [2.45, 2.75) is 37.8 Å². The van der Waals surface area contributed by atoms with Crippen LogP contribution < -0.4 is 5.73 Å². The number of hydrogen-bond donors (Lipinski definition) is 2. The Morgan fingerprint density at radius 3 is 2.69 bits per heavy atom. The van der Waals surface area contributed by atoms with E-state index in [9.17, 15) is 4.79 Å². The summed E-state index contributed by atoms with van der Waals surface area (Å²) in [6.07, 6.45) is 3.35. The quantitative estimate of drug-likeness (QED) is 0.631. The minimum Gasteiger partial charge on any atom is -0.396 e. The number of methoxy groups -OCH3 is 1. The van der Waals surface area contributed by atoms with E-state index in [1.165, 1.54) is 13.5 Å². The number of amides is 1. The maximum absolute atomic E-state index is 12.1. The lowest BCUT2D eigenvalue weighted by atomic mass is 9.91. The summed E-state index contributed by atoms with van der Waals surface area (Å²) in [6, 6.07) is 0.322. The molecule has 1 aliphatic carbocycles. The summed E-state index contributed by atoms with van der Waals surface area (Å²) < 4.78 is 5.06. The van der Waals surface area contributed by atoms with E-state index in [0.717, 1.165) is 12.8 Å². The third kappa shape index (κ3) is 3.17. The van der Waals surface area contributed by atoms with Gasteiger partial charge in [-0.25, -0.2) is 0 Å². The van der Waals surface area contributed by atoms with E-state index >= 15 is 0 Å². The lowest BCUT2D eigenvalue weighted by Crippen LogP contribution is -2.51. The molecular weight excluding hydrogens is 208 g/mol. The lowest BCUT2D eigenvalue weighted by molar-refractivity contribution is -0.145. The predicted octanol–water partition coefficient (Wildman–Crippen LogP) is -0.276. The van der Waals surface area contributed by atoms with Gasteiger partial charge in [-0.3, -0.25) is 4.79 Å². The standard InChI is InChI=1S/C11H22N2O3/c1-16-10(8-12)11(15)13(6-3-7-14)9-4-2-5-9/h9-10,14H,2-8,12H2,1H3. The summed E-state index contributed by atoms with van der Waals surface area (Å²) in [7, 11) is 1.50. The SMILES string of the molecule is COC(CN)C(=O)N(CCCO)C1CCC1. The molecule has 1 unspecified atom stereocenters. The van der Waals surface area contributed by atoms with Gasteiger partial charge in [-0.15, -0.1) is 0 Å². The number of aliphatic hydroxyl groups excluding tert-OH is 1. The Morgan fingerprint density at radius 1 is 1.62 bits per heavy atom. The number of carbonyl (C=O) groups excluding carboxylic acids is 1. The smallest absolute Gasteiger partial charge is 0.253 e. The van der Waals surface area contributed by atoms with Crippen molar-refractivity contribution in [3.63, 3.8) is 0 Å². The largest absolute Gasteiger partial charge is 0.396 e. The molecule has 5 nitrogen and oxygen atoms in total. The zero-order chi connectivity index (χ0) is 12.0. The fourth-order valence-electron chi connectivity index (χ4n) is 1.89. The van der Waals surface area contributed by atoms with Crippen molar-refractivity contribution < 1.29 is 14.6 Å². The predicted molar refractivity (Wildman–Crippen MR) is 60.9 cm³/mol. The number of ether oxygens (including phenoxy) is 1. The van der Waals surface area contributed by atoms with Crippen LogP contribution in [0.1, 0.15) is 25.7 Å². The number of nitrogens with two attached hydrogens (primary N) is 1. The van der Waals surface area contributed by atoms with Gasteiger partial charge in [-0.05, 0) is 25.7 Å². The Bertz CT molecular complexity index is 215. The summed E-state index contributed by atoms with van der Waals surface area (Å²) in [5, 5.41) is 8.83. The molecule has 0 aromatic heterocycles. The van der Waals surface area contributed by atoms with Crippen LogP contribution in [0.2, 0.25) is 0 Å². The monoisotopic (exact) mass is 230 g/mol. The Labute approximate surface area is 96.6 Å². The topological polar surface area (TPSA) is 75.8 Å². The molecule has 0 aliphatic heterocycles. The molecular formula is C11H22N2O3. The Kier molecular flexibility index (Phi) is 5.73. The summed E-state index contributed by atoms with van der Waals surface area (Å²) in [6.45, 7) is 0.911. The maximum atomic E-state index is 12.1. The van der Waals surface area contributed by atoms with Crippen LogP contribution in [0.3, 0.4) is 0 Å². The van der Waals surface area contributed by atoms with Gasteiger partial charge in [0.25, 0.3) is 5.91 Å². The van der Waals surface area contributed by atoms with Crippen LogP contribution in [-0.2, 0) is 9.53 Å². The van der Waals surface area contributed by atoms with Crippen LogP contribution in [0.15, 0.2) is 0 Å². The molecule has 1 aliphatic rings. The molecule has 0 heterocycles. The van der Waals surface area contributed by atoms with Crippen molar-refractivity contribution in [3.8, 4) is 0 Å². The second kappa shape index (κ2) is 6.83. The van der Waals surface area contributed by atoms with Gasteiger partial charge in [0, 0.05) is 32.8 Å². The number of rotatable bonds is 7. The van der Waals surface area contributed by atoms with Gasteiger partial charge in [0.15, 0.2) is 0 Å². The first-order chi connectivity index (χ1) is 7.74. The van der Waals surface area contributed by atoms with Gasteiger partial charge in [-0.2, -0.15) is 0 Å². The minimum atomic E-state index is -0.542. The van der Waals surface area contributed by atoms with E-state index in [1.807, 2.05) is 4.90 Å². The molecule has 1 fully saturated rings. The lowest BCUT2D eigenvalue weighted by Gasteiger charge is -2.39. The van der Waals surface area contributed by atoms with Crippen molar-refractivity contribution in [2.24, 2.45) is 5.73 Å². The first-order valence-electron chi connectivity index (χ1n) is 5.88. The van der Waals surface area contributed by atoms with Gasteiger partial charge < -0.3 is 20.5 Å². The maximum Gasteiger partial charge on any atom is 0.253 e. The van der Waals surface area contributed by atoms with Crippen molar-refractivity contribution in [1.82, 2.24) is 4.90 Å². The van der Waals surface area contributed by atoms with Crippen molar-refractivity contribution in [3.05, 3.63) is 0 Å². The molecule has 5 heteroatoms. The zero-order valence-electron chi connectivity index (χ0n) is 9.89. The third-order valence-corrected chi connectivity index (χ3v) is 3.13. The van der Waals surface area contributed by atoms with Gasteiger partial charge in [0.2, 0.25) is 0 Å². The van der Waals surface area contributed by atoms with Crippen molar-refractivity contribution in [2.75, 3.05) is 26.8 Å². The Hall–Kier alpha value is -0.650. The normalized spacial score (nSPS) is 17.9. The zero-order valence-corrected chi connectivity index (χ0v) is 9.89. The van der Waals surface area contributed by atoms with Crippen LogP contribution in [0.25, 0.3) is 0 Å². The summed E-state index contributed by atoms with van der Waals surface area (Å²) >= 11 is 0. The van der Waals surface area contributed by atoms with Gasteiger partial charge in [-0.1, -0.05) is 0 Å². The second-order valence-corrected chi connectivity index (χ2v) is 4.15. The van der Waals surface area contributed by atoms with Gasteiger partial charge in [0.1, 0.15) is 6.10 Å². The minimum absolute atomic E-state index is 0.0387. The second-order valence-electron chi connectivity index (χ2n) is 4.15. The van der Waals surface area contributed by atoms with E-state index in [-0.39, 0.29) is 19.1 Å². The molecule has 1 amide bonds. The summed E-state index contributed by atoms with van der Waals surface area (Å²) in [5.74, 6) is -0.0387. The Balaban J connectivity index is 2.55. The molecule has 3 N–H and O–H groups in total. The number of nitrogens with zero attached hydrogens (tertiary/aromatic N) is 1. The highest BCUT2D eigenvalue weighted by atomic mass is 16.5. The average molecular weight is 230 g/mol. The average Bonchev–Trinajstić information content (AvgIpc) is 2.22. The molecule has 1 saturated carbocycles. The molecule has 1 rings (SSSR count). The molecule has 0 aromatic rings. The van der Waals surface area contributed by atoms with E-state index in [4.69, 9.17) is 15.6 Å². The molecule has 0 bridgehead atoms. The summed E-state index contributed by atoms with van der Waals surface area (Å²) in [5.41, 5.74) is 5.49. The highest BCUT2D eigenvalue weighted by molar-refractivity contribution is 5.81. The molecule has 1 atom stereocenters. The fourth-order valence-corrected chi connectivity index (χ4v) is 1.89. The van der Waals surface area contributed by atoms with E-state index in [2.05, 4.69) is 0 Å². The molecule has 0 spiro atoms. The van der Waals surface area contributed by atoms with Gasteiger partial charge in [0.05, 0.1) is 0 Å². The number of hydrogen-bond acceptors (Lipinski definition) is 4. The fraction of sp³-hybridized carbons (Fsp3) is 0.909. The molecule has 0 radical (unpaired) electrons. The van der Waals surface area contributed by atoms with Crippen LogP contribution in [0.4, 0.5) is 0 Å². The highest BCUT2D eigenvalue weighted by Gasteiger charge is 2.31. The van der Waals surface area contributed by atoms with Gasteiger partial charge >= 0.3 is 0 Å². The Morgan fingerprint density at radius 2 is 2.31 bits per heavy atom. The van der Waals surface area contributed by atoms with Crippen LogP contribution >= 0.6 is 0 Å². The number of aliphatic hydroxyl groups is 1. The van der Waals surface area contributed by atoms with E-state index in [0.29, 0.717) is 19.0 Å². The first-order valence-corrected chi connectivity index (χ1v) is 5.88. The molecule has 16 heavy (non-hydrogen) atoms. The van der Waals surface area contributed by atoms with Crippen LogP contribution in [0.5, 0.6) is 0 Å². The molecule has 0 saturated heterocycles. The molecule has 0 aromatic carbocycles. The van der Waals surface area contributed by atoms with E-state index < -0.39 is 6.10 Å². The van der Waals surface area contributed by atoms with E-state index in [1.54, 1.807) is 0 Å². The van der Waals surface area contributed by atoms with Crippen molar-refractivity contribution >= 4 is 5.91 Å². The van der Waals surface area contributed by atoms with Crippen LogP contribution in [-0.4, -0.2) is 54.9 Å². The number of carbonyl (C=O) groups is 1. The van der Waals surface area contributed by atoms with Crippen LogP contribution in [0, 0.1) is 0 Å². The molecule has 94 valence electrons. The van der Waals surface area contributed by atoms with Crippen molar-refractivity contribution in [1.29, 1.82) is 0 Å².